The van der Waals surface area contributed by atoms with Gasteiger partial charge in [0.25, 0.3) is 0 Å². The van der Waals surface area contributed by atoms with E-state index in [2.05, 4.69) is 20.3 Å². The Morgan fingerprint density at radius 1 is 1.22 bits per heavy atom. The summed E-state index contributed by atoms with van der Waals surface area (Å²) in [5.74, 6) is 0.0971. The summed E-state index contributed by atoms with van der Waals surface area (Å²) in [6.45, 7) is 3.47. The molecule has 0 aromatic carbocycles. The number of ketones is 1. The van der Waals surface area contributed by atoms with Crippen molar-refractivity contribution >= 4 is 22.8 Å². The lowest BCUT2D eigenvalue weighted by Crippen LogP contribution is -2.37. The van der Waals surface area contributed by atoms with Crippen molar-refractivity contribution < 1.29 is 19.7 Å². The van der Waals surface area contributed by atoms with Gasteiger partial charge < -0.3 is 20.3 Å². The zero-order chi connectivity index (χ0) is 19.1. The minimum absolute atomic E-state index is 0.244. The van der Waals surface area contributed by atoms with Gasteiger partial charge in [0.05, 0.1) is 6.33 Å². The van der Waals surface area contributed by atoms with Gasteiger partial charge in [-0.2, -0.15) is 0 Å². The largest absolute Gasteiger partial charge is 0.387 e. The molecule has 3 N–H and O–H groups in total. The molecular formula is C18H25N5O4. The smallest absolute Gasteiger partial charge is 0.167 e. The van der Waals surface area contributed by atoms with Crippen molar-refractivity contribution in [2.24, 2.45) is 5.92 Å². The number of carbonyl (C=O) groups is 1. The second-order valence-corrected chi connectivity index (χ2v) is 7.66. The van der Waals surface area contributed by atoms with Crippen LogP contribution in [-0.4, -0.2) is 59.9 Å². The first-order valence-electron chi connectivity index (χ1n) is 9.46. The third-order valence-corrected chi connectivity index (χ3v) is 5.42. The van der Waals surface area contributed by atoms with E-state index in [4.69, 9.17) is 4.74 Å². The molecule has 27 heavy (non-hydrogen) atoms. The van der Waals surface area contributed by atoms with Gasteiger partial charge in [-0.25, -0.2) is 15.0 Å². The van der Waals surface area contributed by atoms with Crippen molar-refractivity contribution in [1.29, 1.82) is 0 Å². The van der Waals surface area contributed by atoms with E-state index in [1.165, 1.54) is 25.5 Å². The van der Waals surface area contributed by atoms with Crippen LogP contribution in [0.2, 0.25) is 0 Å². The van der Waals surface area contributed by atoms with Crippen LogP contribution in [0.25, 0.3) is 11.2 Å². The fraction of sp³-hybridized carbons (Fsp3) is 0.667. The molecule has 0 bridgehead atoms. The lowest BCUT2D eigenvalue weighted by Gasteiger charge is -2.17. The van der Waals surface area contributed by atoms with Gasteiger partial charge in [-0.15, -0.1) is 0 Å². The molecule has 0 radical (unpaired) electrons. The predicted molar refractivity (Wildman–Crippen MR) is 97.0 cm³/mol. The molecule has 0 unspecified atom stereocenters. The summed E-state index contributed by atoms with van der Waals surface area (Å²) in [4.78, 5) is 25.2. The van der Waals surface area contributed by atoms with E-state index < -0.39 is 24.5 Å². The van der Waals surface area contributed by atoms with Crippen LogP contribution in [0.4, 0.5) is 5.82 Å². The Bertz CT molecular complexity index is 832. The zero-order valence-corrected chi connectivity index (χ0v) is 15.4. The first-order chi connectivity index (χ1) is 13.0. The molecule has 2 fully saturated rings. The molecule has 2 aromatic heterocycles. The number of aliphatic hydroxyl groups excluding tert-OH is 2. The van der Waals surface area contributed by atoms with E-state index in [9.17, 15) is 15.0 Å². The number of nitrogens with one attached hydrogen (secondary N) is 1. The van der Waals surface area contributed by atoms with Crippen LogP contribution >= 0.6 is 0 Å². The third kappa shape index (κ3) is 3.19. The van der Waals surface area contributed by atoms with E-state index >= 15 is 0 Å². The number of imidazole rings is 1. The van der Waals surface area contributed by atoms with Crippen LogP contribution in [0.5, 0.6) is 0 Å². The van der Waals surface area contributed by atoms with Crippen LogP contribution in [0.1, 0.15) is 45.8 Å². The van der Waals surface area contributed by atoms with Gasteiger partial charge in [-0.1, -0.05) is 26.7 Å². The highest BCUT2D eigenvalue weighted by atomic mass is 16.6. The molecule has 9 heteroatoms. The van der Waals surface area contributed by atoms with Crippen molar-refractivity contribution in [3.8, 4) is 0 Å². The summed E-state index contributed by atoms with van der Waals surface area (Å²) in [6.07, 6.45) is 2.98. The van der Waals surface area contributed by atoms with Gasteiger partial charge in [0.15, 0.2) is 29.0 Å². The number of fused-ring (bicyclic) bond motifs is 1. The standard InChI is InChI=1S/C18H25N5O4/c1-9(2)12(24)15-13(25)14(26)18(27-15)23-8-21-11-16(19-7-20-17(11)23)22-10-5-3-4-6-10/h7-10,13-15,18,25-26H,3-6H2,1-2H3,(H,19,20,22)/t13-,14+,15+,18+/m0/s1. The highest BCUT2D eigenvalue weighted by molar-refractivity contribution is 5.86. The number of aliphatic hydroxyl groups is 2. The lowest BCUT2D eigenvalue weighted by molar-refractivity contribution is -0.138. The van der Waals surface area contributed by atoms with Crippen LogP contribution in [0, 0.1) is 5.92 Å². The average Bonchev–Trinajstić information content (AvgIpc) is 3.36. The molecule has 1 aliphatic carbocycles. The lowest BCUT2D eigenvalue weighted by atomic mass is 9.99. The van der Waals surface area contributed by atoms with E-state index in [0.29, 0.717) is 23.0 Å². The number of aromatic nitrogens is 4. The summed E-state index contributed by atoms with van der Waals surface area (Å²) in [5, 5.41) is 24.2. The van der Waals surface area contributed by atoms with Gasteiger partial charge in [0.1, 0.15) is 24.6 Å². The van der Waals surface area contributed by atoms with Crippen LogP contribution < -0.4 is 5.32 Å². The molecule has 9 nitrogen and oxygen atoms in total. The summed E-state index contributed by atoms with van der Waals surface area (Å²) >= 11 is 0. The summed E-state index contributed by atoms with van der Waals surface area (Å²) in [7, 11) is 0. The zero-order valence-electron chi connectivity index (χ0n) is 15.4. The summed E-state index contributed by atoms with van der Waals surface area (Å²) < 4.78 is 7.28. The summed E-state index contributed by atoms with van der Waals surface area (Å²) in [5.41, 5.74) is 1.06. The number of Topliss-reactive ketones (excluding diaryl/α,β-unsaturated/α-hetero) is 1. The predicted octanol–water partition coefficient (Wildman–Crippen LogP) is 1.03. The Kier molecular flexibility index (Phi) is 4.83. The number of hydrogen-bond acceptors (Lipinski definition) is 8. The van der Waals surface area contributed by atoms with Crippen molar-refractivity contribution in [3.05, 3.63) is 12.7 Å². The monoisotopic (exact) mass is 375 g/mol. The normalized spacial score (nSPS) is 29.1. The molecule has 3 heterocycles. The molecule has 2 aliphatic rings. The fourth-order valence-electron chi connectivity index (χ4n) is 3.86. The van der Waals surface area contributed by atoms with E-state index in [-0.39, 0.29) is 11.7 Å². The molecule has 2 aromatic rings. The summed E-state index contributed by atoms with van der Waals surface area (Å²) in [6, 6.07) is 0.372. The number of rotatable bonds is 5. The van der Waals surface area contributed by atoms with Crippen LogP contribution in [0.3, 0.4) is 0 Å². The van der Waals surface area contributed by atoms with Crippen molar-refractivity contribution in [3.63, 3.8) is 0 Å². The van der Waals surface area contributed by atoms with E-state index in [0.717, 1.165) is 12.8 Å². The third-order valence-electron chi connectivity index (χ3n) is 5.42. The highest BCUT2D eigenvalue weighted by Crippen LogP contribution is 2.34. The maximum Gasteiger partial charge on any atom is 0.167 e. The Balaban J connectivity index is 1.63. The van der Waals surface area contributed by atoms with Gasteiger partial charge in [0.2, 0.25) is 0 Å². The molecule has 4 atom stereocenters. The van der Waals surface area contributed by atoms with E-state index in [1.807, 2.05) is 0 Å². The molecule has 0 spiro atoms. The molecule has 1 aliphatic heterocycles. The second kappa shape index (κ2) is 7.14. The molecule has 146 valence electrons. The average molecular weight is 375 g/mol. The van der Waals surface area contributed by atoms with E-state index in [1.54, 1.807) is 18.4 Å². The minimum atomic E-state index is -1.29. The second-order valence-electron chi connectivity index (χ2n) is 7.66. The fourth-order valence-corrected chi connectivity index (χ4v) is 3.86. The van der Waals surface area contributed by atoms with Crippen LogP contribution in [0.15, 0.2) is 12.7 Å². The molecular weight excluding hydrogens is 350 g/mol. The molecule has 0 amide bonds. The van der Waals surface area contributed by atoms with Gasteiger partial charge in [0, 0.05) is 12.0 Å². The molecule has 1 saturated carbocycles. The van der Waals surface area contributed by atoms with Gasteiger partial charge in [-0.05, 0) is 12.8 Å². The Morgan fingerprint density at radius 3 is 2.67 bits per heavy atom. The number of anilines is 1. The number of nitrogens with zero attached hydrogens (tertiary/aromatic N) is 4. The Hall–Kier alpha value is -2.10. The van der Waals surface area contributed by atoms with Gasteiger partial charge in [-0.3, -0.25) is 9.36 Å². The van der Waals surface area contributed by atoms with Crippen molar-refractivity contribution in [2.45, 2.75) is 70.1 Å². The van der Waals surface area contributed by atoms with Crippen molar-refractivity contribution in [1.82, 2.24) is 19.5 Å². The maximum absolute atomic E-state index is 12.3. The Morgan fingerprint density at radius 2 is 1.96 bits per heavy atom. The molecule has 1 saturated heterocycles. The first kappa shape index (κ1) is 18.3. The SMILES string of the molecule is CC(C)C(=O)[C@H]1O[C@@H](n2cnc3c(NC4CCCC4)ncnc32)[C@H](O)[C@@H]1O. The maximum atomic E-state index is 12.3. The quantitative estimate of drug-likeness (QED) is 0.708. The molecule has 4 rings (SSSR count). The van der Waals surface area contributed by atoms with Crippen molar-refractivity contribution in [2.75, 3.05) is 5.32 Å². The van der Waals surface area contributed by atoms with Gasteiger partial charge >= 0.3 is 0 Å². The number of ether oxygens (including phenoxy) is 1. The topological polar surface area (TPSA) is 122 Å². The highest BCUT2D eigenvalue weighted by Gasteiger charge is 2.48. The number of carbonyl (C=O) groups excluding carboxylic acids is 1. The minimum Gasteiger partial charge on any atom is -0.387 e. The first-order valence-corrected chi connectivity index (χ1v) is 9.46. The number of hydrogen-bond donors (Lipinski definition) is 3. The Labute approximate surface area is 156 Å². The van der Waals surface area contributed by atoms with Crippen LogP contribution in [-0.2, 0) is 9.53 Å².